The molecule has 32 heavy (non-hydrogen) atoms. The molecule has 1 aromatic heterocycles. The van der Waals surface area contributed by atoms with Crippen LogP contribution in [0.4, 0.5) is 16.3 Å². The number of anilines is 2. The van der Waals surface area contributed by atoms with E-state index in [0.29, 0.717) is 25.7 Å². The summed E-state index contributed by atoms with van der Waals surface area (Å²) in [5, 5.41) is 5.58. The van der Waals surface area contributed by atoms with Gasteiger partial charge in [-0.2, -0.15) is 0 Å². The molecule has 3 heterocycles. The predicted molar refractivity (Wildman–Crippen MR) is 127 cm³/mol. The summed E-state index contributed by atoms with van der Waals surface area (Å²) in [5.74, 6) is 2.37. The zero-order valence-corrected chi connectivity index (χ0v) is 19.5. The summed E-state index contributed by atoms with van der Waals surface area (Å²) in [4.78, 5) is 26.6. The number of morpholine rings is 1. The van der Waals surface area contributed by atoms with E-state index in [2.05, 4.69) is 41.2 Å². The van der Waals surface area contributed by atoms with E-state index in [1.54, 1.807) is 0 Å². The van der Waals surface area contributed by atoms with Crippen LogP contribution in [0.1, 0.15) is 39.0 Å². The molecule has 0 aliphatic carbocycles. The van der Waals surface area contributed by atoms with Crippen LogP contribution in [0.3, 0.4) is 0 Å². The van der Waals surface area contributed by atoms with Gasteiger partial charge in [0.15, 0.2) is 5.82 Å². The number of aromatic nitrogens is 2. The Morgan fingerprint density at radius 3 is 2.69 bits per heavy atom. The van der Waals surface area contributed by atoms with Gasteiger partial charge in [-0.1, -0.05) is 13.8 Å². The van der Waals surface area contributed by atoms with Gasteiger partial charge in [0.2, 0.25) is 0 Å². The van der Waals surface area contributed by atoms with E-state index in [4.69, 9.17) is 14.7 Å². The number of hydrogen-bond donors (Lipinski definition) is 2. The van der Waals surface area contributed by atoms with Crippen LogP contribution < -0.4 is 15.5 Å². The summed E-state index contributed by atoms with van der Waals surface area (Å²) in [6.07, 6.45) is 0. The smallest absolute Gasteiger partial charge is 0.319 e. The Balaban J connectivity index is 1.65. The normalized spacial score (nSPS) is 18.7. The molecule has 1 fully saturated rings. The van der Waals surface area contributed by atoms with Crippen molar-refractivity contribution in [3.63, 3.8) is 0 Å². The van der Waals surface area contributed by atoms with Crippen molar-refractivity contribution in [3.8, 4) is 11.4 Å². The Labute approximate surface area is 190 Å². The van der Waals surface area contributed by atoms with Crippen LogP contribution in [0, 0.1) is 5.92 Å². The number of nitrogens with one attached hydrogen (secondary N) is 2. The lowest BCUT2D eigenvalue weighted by molar-refractivity contribution is 0.0984. The molecule has 8 nitrogen and oxygen atoms in total. The van der Waals surface area contributed by atoms with Crippen molar-refractivity contribution >= 4 is 17.5 Å². The summed E-state index contributed by atoms with van der Waals surface area (Å²) in [6.45, 7) is 14.2. The molecule has 2 N–H and O–H groups in total. The Kier molecular flexibility index (Phi) is 6.91. The molecule has 1 saturated heterocycles. The molecule has 8 heteroatoms. The standard InChI is InChI=1S/C24H34N6O2/c1-5-25-24(31)26-19-8-6-18(7-9-19)22-27-21-14-29(12-16(2)3)13-20(21)23(28-22)30-10-11-32-15-17(30)4/h6-9,16-17H,5,10-15H2,1-4H3,(H2,25,26,31)/t17-/m0/s1. The topological polar surface area (TPSA) is 82.6 Å². The number of benzene rings is 1. The molecule has 2 aromatic rings. The van der Waals surface area contributed by atoms with Crippen LogP contribution in [0.5, 0.6) is 0 Å². The number of ether oxygens (including phenoxy) is 1. The molecule has 1 aromatic carbocycles. The Bertz CT molecular complexity index is 946. The van der Waals surface area contributed by atoms with Crippen molar-refractivity contribution < 1.29 is 9.53 Å². The quantitative estimate of drug-likeness (QED) is 0.719. The number of hydrogen-bond acceptors (Lipinski definition) is 6. The van der Waals surface area contributed by atoms with Crippen molar-refractivity contribution in [2.45, 2.75) is 46.8 Å². The van der Waals surface area contributed by atoms with Crippen molar-refractivity contribution in [3.05, 3.63) is 35.5 Å². The number of carbonyl (C=O) groups is 1. The van der Waals surface area contributed by atoms with Crippen LogP contribution in [0.2, 0.25) is 0 Å². The molecule has 172 valence electrons. The second-order valence-electron chi connectivity index (χ2n) is 9.04. The summed E-state index contributed by atoms with van der Waals surface area (Å²) in [7, 11) is 0. The van der Waals surface area contributed by atoms with Crippen LogP contribution in [0.15, 0.2) is 24.3 Å². The highest BCUT2D eigenvalue weighted by Crippen LogP contribution is 2.33. The first-order valence-corrected chi connectivity index (χ1v) is 11.6. The average Bonchev–Trinajstić information content (AvgIpc) is 3.16. The Morgan fingerprint density at radius 2 is 2.00 bits per heavy atom. The number of urea groups is 1. The van der Waals surface area contributed by atoms with E-state index < -0.39 is 0 Å². The molecular weight excluding hydrogens is 404 g/mol. The molecule has 2 amide bonds. The fourth-order valence-electron chi connectivity index (χ4n) is 4.39. The van der Waals surface area contributed by atoms with E-state index in [1.165, 1.54) is 5.56 Å². The SMILES string of the molecule is CCNC(=O)Nc1ccc(-c2nc3c(c(N4CCOC[C@@H]4C)n2)CN(CC(C)C)C3)cc1. The molecule has 4 rings (SSSR count). The average molecular weight is 439 g/mol. The number of carbonyl (C=O) groups excluding carboxylic acids is 1. The highest BCUT2D eigenvalue weighted by molar-refractivity contribution is 5.89. The largest absolute Gasteiger partial charge is 0.377 e. The lowest BCUT2D eigenvalue weighted by atomic mass is 10.1. The van der Waals surface area contributed by atoms with Gasteiger partial charge in [-0.05, 0) is 44.0 Å². The minimum atomic E-state index is -0.206. The molecule has 0 spiro atoms. The van der Waals surface area contributed by atoms with Crippen LogP contribution in [-0.4, -0.2) is 59.8 Å². The highest BCUT2D eigenvalue weighted by atomic mass is 16.5. The van der Waals surface area contributed by atoms with E-state index in [-0.39, 0.29) is 12.1 Å². The van der Waals surface area contributed by atoms with Gasteiger partial charge in [0.05, 0.1) is 24.9 Å². The van der Waals surface area contributed by atoms with Crippen LogP contribution in [-0.2, 0) is 17.8 Å². The van der Waals surface area contributed by atoms with E-state index in [9.17, 15) is 4.79 Å². The van der Waals surface area contributed by atoms with E-state index in [0.717, 1.165) is 54.8 Å². The third-order valence-electron chi connectivity index (χ3n) is 5.83. The Morgan fingerprint density at radius 1 is 1.22 bits per heavy atom. The second kappa shape index (κ2) is 9.83. The molecule has 0 unspecified atom stereocenters. The van der Waals surface area contributed by atoms with Gasteiger partial charge in [0.1, 0.15) is 5.82 Å². The zero-order chi connectivity index (χ0) is 22.7. The third-order valence-corrected chi connectivity index (χ3v) is 5.83. The van der Waals surface area contributed by atoms with Gasteiger partial charge in [-0.25, -0.2) is 14.8 Å². The number of rotatable bonds is 6. The van der Waals surface area contributed by atoms with E-state index in [1.807, 2.05) is 31.2 Å². The summed E-state index contributed by atoms with van der Waals surface area (Å²) in [5.41, 5.74) is 4.05. The first kappa shape index (κ1) is 22.5. The van der Waals surface area contributed by atoms with Crippen molar-refractivity contribution in [2.24, 2.45) is 5.92 Å². The summed E-state index contributed by atoms with van der Waals surface area (Å²) in [6, 6.07) is 7.79. The maximum absolute atomic E-state index is 11.8. The Hall–Kier alpha value is -2.71. The molecule has 0 bridgehead atoms. The maximum Gasteiger partial charge on any atom is 0.319 e. The molecule has 1 atom stereocenters. The predicted octanol–water partition coefficient (Wildman–Crippen LogP) is 3.48. The number of nitrogens with zero attached hydrogens (tertiary/aromatic N) is 4. The van der Waals surface area contributed by atoms with Gasteiger partial charge >= 0.3 is 6.03 Å². The van der Waals surface area contributed by atoms with E-state index >= 15 is 0 Å². The van der Waals surface area contributed by atoms with Crippen molar-refractivity contribution in [1.29, 1.82) is 0 Å². The first-order chi connectivity index (χ1) is 15.4. The van der Waals surface area contributed by atoms with Gasteiger partial charge < -0.3 is 20.3 Å². The van der Waals surface area contributed by atoms with Gasteiger partial charge in [-0.3, -0.25) is 4.90 Å². The van der Waals surface area contributed by atoms with Gasteiger partial charge in [-0.15, -0.1) is 0 Å². The fourth-order valence-corrected chi connectivity index (χ4v) is 4.39. The lowest BCUT2D eigenvalue weighted by Gasteiger charge is -2.35. The number of fused-ring (bicyclic) bond motifs is 1. The summed E-state index contributed by atoms with van der Waals surface area (Å²) >= 11 is 0. The monoisotopic (exact) mass is 438 g/mol. The van der Waals surface area contributed by atoms with Crippen LogP contribution >= 0.6 is 0 Å². The van der Waals surface area contributed by atoms with Crippen molar-refractivity contribution in [1.82, 2.24) is 20.2 Å². The fraction of sp³-hybridized carbons (Fsp3) is 0.542. The first-order valence-electron chi connectivity index (χ1n) is 11.6. The summed E-state index contributed by atoms with van der Waals surface area (Å²) < 4.78 is 5.67. The molecule has 0 radical (unpaired) electrons. The second-order valence-corrected chi connectivity index (χ2v) is 9.04. The van der Waals surface area contributed by atoms with Gasteiger partial charge in [0, 0.05) is 49.5 Å². The molecule has 2 aliphatic rings. The molecule has 0 saturated carbocycles. The van der Waals surface area contributed by atoms with Crippen LogP contribution in [0.25, 0.3) is 11.4 Å². The maximum atomic E-state index is 11.8. The zero-order valence-electron chi connectivity index (χ0n) is 19.5. The third kappa shape index (κ3) is 5.02. The number of amides is 2. The van der Waals surface area contributed by atoms with Crippen molar-refractivity contribution in [2.75, 3.05) is 43.1 Å². The molecule has 2 aliphatic heterocycles. The molecular formula is C24H34N6O2. The minimum Gasteiger partial charge on any atom is -0.377 e. The highest BCUT2D eigenvalue weighted by Gasteiger charge is 2.31. The minimum absolute atomic E-state index is 0.206. The van der Waals surface area contributed by atoms with Gasteiger partial charge in [0.25, 0.3) is 0 Å². The lowest BCUT2D eigenvalue weighted by Crippen LogP contribution is -2.44.